The van der Waals surface area contributed by atoms with Crippen LogP contribution in [0, 0.1) is 0 Å². The molecular formula is C23H26N4O5. The molecule has 1 heterocycles. The number of anilines is 2. The van der Waals surface area contributed by atoms with Gasteiger partial charge in [-0.1, -0.05) is 30.3 Å². The van der Waals surface area contributed by atoms with Crippen LogP contribution in [-0.4, -0.2) is 52.3 Å². The van der Waals surface area contributed by atoms with Gasteiger partial charge in [-0.25, -0.2) is 0 Å². The number of amides is 3. The van der Waals surface area contributed by atoms with Gasteiger partial charge in [0.2, 0.25) is 17.7 Å². The molecule has 1 fully saturated rings. The molecule has 1 saturated heterocycles. The molecule has 0 unspecified atom stereocenters. The van der Waals surface area contributed by atoms with Crippen molar-refractivity contribution >= 4 is 35.1 Å². The smallest absolute Gasteiger partial charge is 0.321 e. The zero-order chi connectivity index (χ0) is 23.3. The average molecular weight is 438 g/mol. The number of nitrogens with one attached hydrogen (secondary N) is 3. The molecule has 0 spiro atoms. The third-order valence-corrected chi connectivity index (χ3v) is 5.25. The molecule has 0 bridgehead atoms. The highest BCUT2D eigenvalue weighted by Crippen LogP contribution is 2.36. The lowest BCUT2D eigenvalue weighted by molar-refractivity contribution is -0.143. The Balaban J connectivity index is 1.80. The topological polar surface area (TPSA) is 128 Å². The van der Waals surface area contributed by atoms with Crippen LogP contribution in [0.25, 0.3) is 0 Å². The summed E-state index contributed by atoms with van der Waals surface area (Å²) >= 11 is 0. The van der Waals surface area contributed by atoms with Crippen LogP contribution in [0.1, 0.15) is 31.9 Å². The second kappa shape index (κ2) is 10.1. The Kier molecular flexibility index (Phi) is 7.21. The number of carboxylic acid groups (broad SMARTS) is 1. The molecule has 2 aromatic carbocycles. The molecule has 9 nitrogen and oxygen atoms in total. The molecule has 4 N–H and O–H groups in total. The van der Waals surface area contributed by atoms with E-state index < -0.39 is 24.1 Å². The van der Waals surface area contributed by atoms with E-state index in [2.05, 4.69) is 16.0 Å². The highest BCUT2D eigenvalue weighted by Gasteiger charge is 2.46. The average Bonchev–Trinajstić information content (AvgIpc) is 3.07. The Labute approximate surface area is 185 Å². The van der Waals surface area contributed by atoms with E-state index in [0.717, 1.165) is 5.56 Å². The van der Waals surface area contributed by atoms with Crippen molar-refractivity contribution in [2.45, 2.75) is 38.4 Å². The summed E-state index contributed by atoms with van der Waals surface area (Å²) in [4.78, 5) is 49.2. The van der Waals surface area contributed by atoms with Crippen molar-refractivity contribution in [3.05, 3.63) is 60.2 Å². The van der Waals surface area contributed by atoms with Crippen molar-refractivity contribution in [1.82, 2.24) is 10.2 Å². The monoisotopic (exact) mass is 438 g/mol. The molecule has 3 rings (SSSR count). The second-order valence-corrected chi connectivity index (χ2v) is 7.73. The molecule has 1 aliphatic rings. The van der Waals surface area contributed by atoms with E-state index in [1.807, 2.05) is 30.3 Å². The lowest BCUT2D eigenvalue weighted by atomic mass is 9.99. The van der Waals surface area contributed by atoms with Crippen molar-refractivity contribution < 1.29 is 24.3 Å². The molecule has 9 heteroatoms. The van der Waals surface area contributed by atoms with Gasteiger partial charge in [-0.05, 0) is 36.2 Å². The maximum Gasteiger partial charge on any atom is 0.321 e. The zero-order valence-electron chi connectivity index (χ0n) is 17.9. The maximum atomic E-state index is 12.8. The number of rotatable bonds is 7. The number of likely N-dealkylation sites (tertiary alicyclic amines) is 1. The summed E-state index contributed by atoms with van der Waals surface area (Å²) in [6, 6.07) is 14.0. The summed E-state index contributed by atoms with van der Waals surface area (Å²) in [6.45, 7) is 2.62. The Morgan fingerprint density at radius 1 is 0.906 bits per heavy atom. The van der Waals surface area contributed by atoms with Crippen molar-refractivity contribution in [3.63, 3.8) is 0 Å². The van der Waals surface area contributed by atoms with E-state index in [9.17, 15) is 24.3 Å². The minimum atomic E-state index is -1.05. The fourth-order valence-corrected chi connectivity index (χ4v) is 4.06. The summed E-state index contributed by atoms with van der Waals surface area (Å²) in [5.41, 5.74) is 1.94. The van der Waals surface area contributed by atoms with Gasteiger partial charge in [0.15, 0.2) is 0 Å². The zero-order valence-corrected chi connectivity index (χ0v) is 17.9. The molecule has 1 aliphatic heterocycles. The van der Waals surface area contributed by atoms with Gasteiger partial charge in [-0.15, -0.1) is 0 Å². The first-order chi connectivity index (χ1) is 15.2. The number of aliphatic carboxylic acids is 1. The van der Waals surface area contributed by atoms with Crippen LogP contribution in [0.15, 0.2) is 54.6 Å². The first-order valence-corrected chi connectivity index (χ1v) is 10.2. The highest BCUT2D eigenvalue weighted by molar-refractivity contribution is 5.93. The normalized spacial score (nSPS) is 20.4. The SMILES string of the molecule is CC(=O)Nc1ccc(NC(=O)CN2[C@H](C(=O)O)C[C@H](NC(C)=O)[C@@H]2c2ccccc2)cc1. The first-order valence-electron chi connectivity index (χ1n) is 10.2. The molecule has 32 heavy (non-hydrogen) atoms. The number of carbonyl (C=O) groups is 4. The molecule has 0 radical (unpaired) electrons. The fraction of sp³-hybridized carbons (Fsp3) is 0.304. The van der Waals surface area contributed by atoms with Crippen molar-refractivity contribution in [2.75, 3.05) is 17.2 Å². The minimum Gasteiger partial charge on any atom is -0.480 e. The number of carbonyl (C=O) groups excluding carboxylic acids is 3. The Bertz CT molecular complexity index is 993. The van der Waals surface area contributed by atoms with E-state index in [1.165, 1.54) is 13.8 Å². The van der Waals surface area contributed by atoms with Gasteiger partial charge in [-0.3, -0.25) is 24.1 Å². The van der Waals surface area contributed by atoms with Crippen LogP contribution in [-0.2, 0) is 19.2 Å². The Morgan fingerprint density at radius 2 is 1.50 bits per heavy atom. The molecule has 3 atom stereocenters. The van der Waals surface area contributed by atoms with E-state index in [0.29, 0.717) is 11.4 Å². The summed E-state index contributed by atoms with van der Waals surface area (Å²) in [7, 11) is 0. The largest absolute Gasteiger partial charge is 0.480 e. The van der Waals surface area contributed by atoms with Gasteiger partial charge in [0.25, 0.3) is 0 Å². The van der Waals surface area contributed by atoms with Gasteiger partial charge in [0.1, 0.15) is 6.04 Å². The fourth-order valence-electron chi connectivity index (χ4n) is 4.06. The van der Waals surface area contributed by atoms with Crippen LogP contribution in [0.4, 0.5) is 11.4 Å². The number of nitrogens with zero attached hydrogens (tertiary/aromatic N) is 1. The van der Waals surface area contributed by atoms with Gasteiger partial charge in [0.05, 0.1) is 18.6 Å². The van der Waals surface area contributed by atoms with E-state index in [1.54, 1.807) is 29.2 Å². The standard InChI is InChI=1S/C23H26N4O5/c1-14(28)24-17-8-10-18(11-9-17)26-21(30)13-27-20(23(31)32)12-19(25-15(2)29)22(27)16-6-4-3-5-7-16/h3-11,19-20,22H,12-13H2,1-2H3,(H,24,28)(H,25,29)(H,26,30)(H,31,32)/t19-,20-,22-/m0/s1. The van der Waals surface area contributed by atoms with Crippen LogP contribution in [0.3, 0.4) is 0 Å². The molecule has 2 aromatic rings. The summed E-state index contributed by atoms with van der Waals surface area (Å²) in [5, 5.41) is 18.0. The summed E-state index contributed by atoms with van der Waals surface area (Å²) < 4.78 is 0. The van der Waals surface area contributed by atoms with Gasteiger partial charge in [-0.2, -0.15) is 0 Å². The molecule has 0 saturated carbocycles. The summed E-state index contributed by atoms with van der Waals surface area (Å²) in [6.07, 6.45) is 0.188. The van der Waals surface area contributed by atoms with Gasteiger partial charge >= 0.3 is 5.97 Å². The lowest BCUT2D eigenvalue weighted by Crippen LogP contribution is -2.44. The van der Waals surface area contributed by atoms with Gasteiger partial charge < -0.3 is 21.1 Å². The Hall–Kier alpha value is -3.72. The minimum absolute atomic E-state index is 0.167. The molecule has 0 aliphatic carbocycles. The number of hydrogen-bond donors (Lipinski definition) is 4. The van der Waals surface area contributed by atoms with Crippen LogP contribution in [0.5, 0.6) is 0 Å². The first kappa shape index (κ1) is 23.0. The third kappa shape index (κ3) is 5.70. The maximum absolute atomic E-state index is 12.8. The molecule has 0 aromatic heterocycles. The molecule has 168 valence electrons. The van der Waals surface area contributed by atoms with Crippen molar-refractivity contribution in [3.8, 4) is 0 Å². The molecular weight excluding hydrogens is 412 g/mol. The highest BCUT2D eigenvalue weighted by atomic mass is 16.4. The quantitative estimate of drug-likeness (QED) is 0.523. The van der Waals surface area contributed by atoms with Crippen molar-refractivity contribution in [2.24, 2.45) is 0 Å². The predicted molar refractivity (Wildman–Crippen MR) is 119 cm³/mol. The van der Waals surface area contributed by atoms with Gasteiger partial charge in [0, 0.05) is 25.2 Å². The Morgan fingerprint density at radius 3 is 2.03 bits per heavy atom. The summed E-state index contributed by atoms with van der Waals surface area (Å²) in [5.74, 6) is -1.89. The number of carboxylic acids is 1. The van der Waals surface area contributed by atoms with Crippen molar-refractivity contribution in [1.29, 1.82) is 0 Å². The number of benzene rings is 2. The third-order valence-electron chi connectivity index (χ3n) is 5.25. The number of hydrogen-bond acceptors (Lipinski definition) is 5. The van der Waals surface area contributed by atoms with Crippen LogP contribution in [0.2, 0.25) is 0 Å². The van der Waals surface area contributed by atoms with E-state index in [4.69, 9.17) is 0 Å². The van der Waals surface area contributed by atoms with E-state index in [-0.39, 0.29) is 30.7 Å². The predicted octanol–water partition coefficient (Wildman–Crippen LogP) is 1.99. The van der Waals surface area contributed by atoms with E-state index >= 15 is 0 Å². The molecule has 3 amide bonds. The van der Waals surface area contributed by atoms with Crippen LogP contribution < -0.4 is 16.0 Å². The second-order valence-electron chi connectivity index (χ2n) is 7.73. The van der Waals surface area contributed by atoms with Crippen LogP contribution >= 0.6 is 0 Å². The lowest BCUT2D eigenvalue weighted by Gasteiger charge is -2.30.